The van der Waals surface area contributed by atoms with Gasteiger partial charge in [0, 0.05) is 16.3 Å². The van der Waals surface area contributed by atoms with Gasteiger partial charge in [-0.15, -0.1) is 11.8 Å². The van der Waals surface area contributed by atoms with Crippen LogP contribution in [-0.4, -0.2) is 5.75 Å². The fourth-order valence-electron chi connectivity index (χ4n) is 2.10. The second-order valence-corrected chi connectivity index (χ2v) is 5.57. The average Bonchev–Trinajstić information content (AvgIpc) is 2.73. The summed E-state index contributed by atoms with van der Waals surface area (Å²) in [5.74, 6) is 2.21. The van der Waals surface area contributed by atoms with E-state index in [9.17, 15) is 0 Å². The maximum atomic E-state index is 5.89. The Bertz CT molecular complexity index is 329. The zero-order valence-electron chi connectivity index (χ0n) is 9.33. The topological polar surface area (TPSA) is 26.0 Å². The lowest BCUT2D eigenvalue weighted by Gasteiger charge is -2.09. The van der Waals surface area contributed by atoms with Gasteiger partial charge in [-0.2, -0.15) is 0 Å². The maximum Gasteiger partial charge on any atom is 0.0354 e. The Hall–Kier alpha value is -0.630. The van der Waals surface area contributed by atoms with E-state index in [0.717, 1.165) is 11.6 Å². The third-order valence-electron chi connectivity index (χ3n) is 3.21. The van der Waals surface area contributed by atoms with Crippen molar-refractivity contribution in [3.05, 3.63) is 23.8 Å². The van der Waals surface area contributed by atoms with E-state index in [-0.39, 0.29) is 0 Å². The minimum Gasteiger partial charge on any atom is -0.398 e. The zero-order valence-corrected chi connectivity index (χ0v) is 10.1. The van der Waals surface area contributed by atoms with E-state index in [4.69, 9.17) is 5.73 Å². The molecule has 0 bridgehead atoms. The summed E-state index contributed by atoms with van der Waals surface area (Å²) in [6.07, 6.45) is 5.71. The van der Waals surface area contributed by atoms with Crippen LogP contribution in [0.1, 0.15) is 31.2 Å². The van der Waals surface area contributed by atoms with Crippen molar-refractivity contribution >= 4 is 17.4 Å². The minimum atomic E-state index is 0.923. The molecule has 2 heteroatoms. The quantitative estimate of drug-likeness (QED) is 0.619. The van der Waals surface area contributed by atoms with Crippen molar-refractivity contribution in [3.8, 4) is 0 Å². The smallest absolute Gasteiger partial charge is 0.0354 e. The number of hydrogen-bond donors (Lipinski definition) is 1. The zero-order chi connectivity index (χ0) is 10.7. The number of benzene rings is 1. The first-order chi connectivity index (χ1) is 7.25. The number of nitrogen functional groups attached to an aromatic ring is 1. The predicted molar refractivity (Wildman–Crippen MR) is 68.3 cm³/mol. The molecule has 0 radical (unpaired) electrons. The van der Waals surface area contributed by atoms with Crippen LogP contribution < -0.4 is 5.73 Å². The average molecular weight is 221 g/mol. The van der Waals surface area contributed by atoms with Gasteiger partial charge in [0.1, 0.15) is 0 Å². The van der Waals surface area contributed by atoms with Crippen molar-refractivity contribution in [2.45, 2.75) is 37.5 Å². The van der Waals surface area contributed by atoms with Gasteiger partial charge in [0.15, 0.2) is 0 Å². The van der Waals surface area contributed by atoms with Crippen molar-refractivity contribution in [2.75, 3.05) is 11.5 Å². The van der Waals surface area contributed by atoms with E-state index in [1.165, 1.54) is 41.9 Å². The Kier molecular flexibility index (Phi) is 3.57. The van der Waals surface area contributed by atoms with Crippen LogP contribution in [0.15, 0.2) is 23.1 Å². The third kappa shape index (κ3) is 2.91. The van der Waals surface area contributed by atoms with Gasteiger partial charge in [0.05, 0.1) is 0 Å². The summed E-state index contributed by atoms with van der Waals surface area (Å²) in [7, 11) is 0. The number of rotatable bonds is 3. The van der Waals surface area contributed by atoms with Crippen LogP contribution in [0, 0.1) is 12.8 Å². The van der Waals surface area contributed by atoms with Crippen molar-refractivity contribution in [1.82, 2.24) is 0 Å². The van der Waals surface area contributed by atoms with E-state index in [1.54, 1.807) is 0 Å². The highest BCUT2D eigenvalue weighted by atomic mass is 32.2. The molecular weight excluding hydrogens is 202 g/mol. The van der Waals surface area contributed by atoms with Crippen molar-refractivity contribution in [3.63, 3.8) is 0 Å². The molecule has 1 aliphatic carbocycles. The molecule has 0 unspecified atom stereocenters. The molecule has 1 fully saturated rings. The first-order valence-electron chi connectivity index (χ1n) is 5.74. The highest BCUT2D eigenvalue weighted by Crippen LogP contribution is 2.31. The second kappa shape index (κ2) is 4.93. The second-order valence-electron chi connectivity index (χ2n) is 4.48. The van der Waals surface area contributed by atoms with Crippen LogP contribution in [0.25, 0.3) is 0 Å². The molecule has 2 N–H and O–H groups in total. The van der Waals surface area contributed by atoms with Gasteiger partial charge in [-0.1, -0.05) is 18.9 Å². The van der Waals surface area contributed by atoms with Gasteiger partial charge >= 0.3 is 0 Å². The fraction of sp³-hybridized carbons (Fsp3) is 0.538. The molecule has 0 atom stereocenters. The lowest BCUT2D eigenvalue weighted by molar-refractivity contribution is 0.623. The minimum absolute atomic E-state index is 0.923. The van der Waals surface area contributed by atoms with Crippen LogP contribution in [0.3, 0.4) is 0 Å². The number of thioether (sulfide) groups is 1. The van der Waals surface area contributed by atoms with E-state index in [0.29, 0.717) is 0 Å². The van der Waals surface area contributed by atoms with Crippen molar-refractivity contribution < 1.29 is 0 Å². The number of hydrogen-bond acceptors (Lipinski definition) is 2. The molecule has 0 saturated heterocycles. The molecule has 1 aliphatic rings. The molecule has 0 heterocycles. The van der Waals surface area contributed by atoms with Gasteiger partial charge in [-0.25, -0.2) is 0 Å². The summed E-state index contributed by atoms with van der Waals surface area (Å²) in [5.41, 5.74) is 7.99. The van der Waals surface area contributed by atoms with E-state index in [2.05, 4.69) is 25.1 Å². The molecule has 1 aromatic carbocycles. The molecular formula is C13H19NS. The van der Waals surface area contributed by atoms with E-state index < -0.39 is 0 Å². The molecule has 0 aliphatic heterocycles. The van der Waals surface area contributed by atoms with Crippen LogP contribution in [0.5, 0.6) is 0 Å². The molecule has 15 heavy (non-hydrogen) atoms. The Labute approximate surface area is 96.4 Å². The number of aryl methyl sites for hydroxylation is 1. The predicted octanol–water partition coefficient (Wildman–Crippen LogP) is 3.86. The normalized spacial score (nSPS) is 17.1. The molecule has 1 saturated carbocycles. The highest BCUT2D eigenvalue weighted by molar-refractivity contribution is 7.99. The highest BCUT2D eigenvalue weighted by Gasteiger charge is 2.14. The van der Waals surface area contributed by atoms with Crippen LogP contribution in [0.4, 0.5) is 5.69 Å². The number of anilines is 1. The summed E-state index contributed by atoms with van der Waals surface area (Å²) in [6, 6.07) is 6.41. The molecule has 0 amide bonds. The third-order valence-corrected chi connectivity index (χ3v) is 4.44. The summed E-state index contributed by atoms with van der Waals surface area (Å²) >= 11 is 1.96. The maximum absolute atomic E-state index is 5.89. The van der Waals surface area contributed by atoms with Gasteiger partial charge in [-0.3, -0.25) is 0 Å². The molecule has 0 spiro atoms. The Balaban J connectivity index is 1.90. The summed E-state index contributed by atoms with van der Waals surface area (Å²) < 4.78 is 0. The van der Waals surface area contributed by atoms with Gasteiger partial charge in [0.25, 0.3) is 0 Å². The SMILES string of the molecule is Cc1ccc(SCC2CCCC2)cc1N. The largest absolute Gasteiger partial charge is 0.398 e. The fourth-order valence-corrected chi connectivity index (χ4v) is 3.24. The Morgan fingerprint density at radius 3 is 2.73 bits per heavy atom. The first-order valence-corrected chi connectivity index (χ1v) is 6.73. The lowest BCUT2D eigenvalue weighted by Crippen LogP contribution is -1.96. The summed E-state index contributed by atoms with van der Waals surface area (Å²) in [6.45, 7) is 2.06. The lowest BCUT2D eigenvalue weighted by atomic mass is 10.1. The van der Waals surface area contributed by atoms with Crippen LogP contribution in [-0.2, 0) is 0 Å². The molecule has 2 rings (SSSR count). The molecule has 1 aromatic rings. The summed E-state index contributed by atoms with van der Waals surface area (Å²) in [4.78, 5) is 1.32. The van der Waals surface area contributed by atoms with E-state index >= 15 is 0 Å². The molecule has 0 aromatic heterocycles. The molecule has 82 valence electrons. The summed E-state index contributed by atoms with van der Waals surface area (Å²) in [5, 5.41) is 0. The molecule has 1 nitrogen and oxygen atoms in total. The monoisotopic (exact) mass is 221 g/mol. The Morgan fingerprint density at radius 1 is 1.33 bits per heavy atom. The van der Waals surface area contributed by atoms with E-state index in [1.807, 2.05) is 11.8 Å². The first kappa shape index (κ1) is 10.9. The van der Waals surface area contributed by atoms with Gasteiger partial charge in [-0.05, 0) is 43.4 Å². The van der Waals surface area contributed by atoms with Crippen LogP contribution >= 0.6 is 11.8 Å². The van der Waals surface area contributed by atoms with Crippen LogP contribution in [0.2, 0.25) is 0 Å². The van der Waals surface area contributed by atoms with Gasteiger partial charge in [0.2, 0.25) is 0 Å². The standard InChI is InChI=1S/C13H19NS/c1-10-6-7-12(8-13(10)14)15-9-11-4-2-3-5-11/h6-8,11H,2-5,9,14H2,1H3. The Morgan fingerprint density at radius 2 is 2.07 bits per heavy atom. The van der Waals surface area contributed by atoms with Crippen molar-refractivity contribution in [2.24, 2.45) is 5.92 Å². The number of nitrogens with two attached hydrogens (primary N) is 1. The van der Waals surface area contributed by atoms with Gasteiger partial charge < -0.3 is 5.73 Å². The van der Waals surface area contributed by atoms with Crippen molar-refractivity contribution in [1.29, 1.82) is 0 Å².